The summed E-state index contributed by atoms with van der Waals surface area (Å²) in [6, 6.07) is 15.7. The van der Waals surface area contributed by atoms with Gasteiger partial charge in [-0.05, 0) is 49.9 Å². The molecule has 0 heterocycles. The van der Waals surface area contributed by atoms with E-state index in [0.29, 0.717) is 12.0 Å². The second-order valence-corrected chi connectivity index (χ2v) is 7.28. The smallest absolute Gasteiger partial charge is 0.407 e. The fourth-order valence-corrected chi connectivity index (χ4v) is 2.61. The van der Waals surface area contributed by atoms with E-state index in [9.17, 15) is 9.59 Å². The van der Waals surface area contributed by atoms with Crippen molar-refractivity contribution in [1.82, 2.24) is 5.32 Å². The van der Waals surface area contributed by atoms with Crippen molar-refractivity contribution < 1.29 is 14.3 Å². The Morgan fingerprint density at radius 3 is 2.35 bits per heavy atom. The molecule has 0 radical (unpaired) electrons. The van der Waals surface area contributed by atoms with Crippen molar-refractivity contribution in [2.24, 2.45) is 5.73 Å². The van der Waals surface area contributed by atoms with Gasteiger partial charge < -0.3 is 15.8 Å². The van der Waals surface area contributed by atoms with Crippen LogP contribution in [0.5, 0.6) is 0 Å². The number of amides is 2. The fraction of sp³-hybridized carbons (Fsp3) is 0.333. The second-order valence-electron chi connectivity index (χ2n) is 7.28. The van der Waals surface area contributed by atoms with Gasteiger partial charge in [0.1, 0.15) is 0 Å². The fourth-order valence-electron chi connectivity index (χ4n) is 2.61. The lowest BCUT2D eigenvalue weighted by molar-refractivity contribution is 0.0999. The number of hydrogen-bond donors (Lipinski definition) is 2. The quantitative estimate of drug-likeness (QED) is 0.834. The Morgan fingerprint density at radius 1 is 1.04 bits per heavy atom. The van der Waals surface area contributed by atoms with Gasteiger partial charge in [-0.2, -0.15) is 0 Å². The van der Waals surface area contributed by atoms with Crippen LogP contribution in [-0.2, 0) is 17.6 Å². The number of benzene rings is 2. The summed E-state index contributed by atoms with van der Waals surface area (Å²) in [5.74, 6) is -0.478. The number of nitrogens with one attached hydrogen (secondary N) is 1. The summed E-state index contributed by atoms with van der Waals surface area (Å²) in [4.78, 5) is 23.5. The third kappa shape index (κ3) is 6.24. The predicted octanol–water partition coefficient (Wildman–Crippen LogP) is 3.44. The molecule has 2 rings (SSSR count). The number of nitrogens with two attached hydrogens (primary N) is 1. The van der Waals surface area contributed by atoms with E-state index in [1.165, 1.54) is 0 Å². The lowest BCUT2D eigenvalue weighted by Crippen LogP contribution is -2.41. The summed E-state index contributed by atoms with van der Waals surface area (Å²) >= 11 is 0. The van der Waals surface area contributed by atoms with Crippen LogP contribution in [0.25, 0.3) is 0 Å². The lowest BCUT2D eigenvalue weighted by atomic mass is 9.97. The van der Waals surface area contributed by atoms with Gasteiger partial charge in [0.25, 0.3) is 0 Å². The monoisotopic (exact) mass is 354 g/mol. The van der Waals surface area contributed by atoms with Crippen LogP contribution in [0.1, 0.15) is 47.8 Å². The first-order valence-electron chi connectivity index (χ1n) is 8.65. The van der Waals surface area contributed by atoms with Gasteiger partial charge in [-0.3, -0.25) is 4.79 Å². The molecule has 2 aromatic rings. The van der Waals surface area contributed by atoms with Gasteiger partial charge in [-0.1, -0.05) is 42.5 Å². The molecule has 5 heteroatoms. The number of rotatable bonds is 6. The van der Waals surface area contributed by atoms with E-state index < -0.39 is 12.0 Å². The molecule has 3 N–H and O–H groups in total. The summed E-state index contributed by atoms with van der Waals surface area (Å²) in [5.41, 5.74) is 8.61. The van der Waals surface area contributed by atoms with Gasteiger partial charge in [-0.25, -0.2) is 4.79 Å². The molecule has 0 aliphatic carbocycles. The van der Waals surface area contributed by atoms with Crippen LogP contribution < -0.4 is 11.1 Å². The Balaban J connectivity index is 2.02. The number of carbonyl (C=O) groups is 2. The third-order valence-corrected chi connectivity index (χ3v) is 3.77. The Hall–Kier alpha value is -2.82. The zero-order valence-electron chi connectivity index (χ0n) is 15.5. The molecule has 0 aromatic heterocycles. The van der Waals surface area contributed by atoms with E-state index >= 15 is 0 Å². The van der Waals surface area contributed by atoms with E-state index in [-0.39, 0.29) is 12.1 Å². The highest BCUT2D eigenvalue weighted by molar-refractivity contribution is 5.94. The van der Waals surface area contributed by atoms with Gasteiger partial charge in [0.05, 0.1) is 6.61 Å². The second kappa shape index (κ2) is 8.52. The van der Waals surface area contributed by atoms with Crippen LogP contribution >= 0.6 is 0 Å². The standard InChI is InChI=1S/C21H26N2O3/c1-21(2,3)23-20(25)26-12-11-17-10-9-16(14-18(17)19(22)24)13-15-7-5-4-6-8-15/h4-10,14H,11-13H2,1-3H3,(H2,22,24)(H,23,25). The van der Waals surface area contributed by atoms with Gasteiger partial charge in [0.15, 0.2) is 0 Å². The molecule has 0 saturated heterocycles. The Bertz CT molecular complexity index is 765. The summed E-state index contributed by atoms with van der Waals surface area (Å²) in [6.07, 6.45) is 0.687. The van der Waals surface area contributed by atoms with Crippen LogP contribution in [0, 0.1) is 0 Å². The number of carbonyl (C=O) groups excluding carboxylic acids is 2. The maximum absolute atomic E-state index is 11.8. The maximum Gasteiger partial charge on any atom is 0.407 e. The molecule has 0 aliphatic rings. The molecule has 5 nitrogen and oxygen atoms in total. The Labute approximate surface area is 154 Å². The summed E-state index contributed by atoms with van der Waals surface area (Å²) in [7, 11) is 0. The minimum atomic E-state index is -0.478. The molecule has 0 aliphatic heterocycles. The minimum Gasteiger partial charge on any atom is -0.449 e. The number of hydrogen-bond acceptors (Lipinski definition) is 3. The van der Waals surface area contributed by atoms with Crippen LogP contribution in [0.3, 0.4) is 0 Å². The topological polar surface area (TPSA) is 81.4 Å². The van der Waals surface area contributed by atoms with E-state index in [1.54, 1.807) is 0 Å². The largest absolute Gasteiger partial charge is 0.449 e. The molecular weight excluding hydrogens is 328 g/mol. The normalized spacial score (nSPS) is 11.0. The predicted molar refractivity (Wildman–Crippen MR) is 102 cm³/mol. The number of ether oxygens (including phenoxy) is 1. The van der Waals surface area contributed by atoms with E-state index in [0.717, 1.165) is 23.1 Å². The van der Waals surface area contributed by atoms with Gasteiger partial charge in [0.2, 0.25) is 5.91 Å². The molecule has 0 saturated carbocycles. The molecule has 0 bridgehead atoms. The lowest BCUT2D eigenvalue weighted by Gasteiger charge is -2.20. The highest BCUT2D eigenvalue weighted by Crippen LogP contribution is 2.16. The molecule has 26 heavy (non-hydrogen) atoms. The number of alkyl carbamates (subject to hydrolysis) is 1. The van der Waals surface area contributed by atoms with E-state index in [1.807, 2.05) is 69.3 Å². The minimum absolute atomic E-state index is 0.181. The van der Waals surface area contributed by atoms with Crippen LogP contribution in [-0.4, -0.2) is 24.1 Å². The average molecular weight is 354 g/mol. The summed E-state index contributed by atoms with van der Waals surface area (Å²) < 4.78 is 5.18. The van der Waals surface area contributed by atoms with Gasteiger partial charge in [-0.15, -0.1) is 0 Å². The van der Waals surface area contributed by atoms with Crippen LogP contribution in [0.4, 0.5) is 4.79 Å². The van der Waals surface area contributed by atoms with Crippen molar-refractivity contribution in [2.45, 2.75) is 39.2 Å². The molecule has 0 spiro atoms. The van der Waals surface area contributed by atoms with Crippen molar-refractivity contribution in [1.29, 1.82) is 0 Å². The van der Waals surface area contributed by atoms with Crippen molar-refractivity contribution in [3.05, 3.63) is 70.8 Å². The van der Waals surface area contributed by atoms with Crippen LogP contribution in [0.15, 0.2) is 48.5 Å². The molecule has 0 atom stereocenters. The average Bonchev–Trinajstić information content (AvgIpc) is 2.55. The Morgan fingerprint density at radius 2 is 1.73 bits per heavy atom. The first-order valence-corrected chi connectivity index (χ1v) is 8.65. The molecule has 0 unspecified atom stereocenters. The molecule has 2 aromatic carbocycles. The Kier molecular flexibility index (Phi) is 6.39. The van der Waals surface area contributed by atoms with E-state index in [4.69, 9.17) is 10.5 Å². The van der Waals surface area contributed by atoms with Gasteiger partial charge in [0, 0.05) is 17.5 Å². The zero-order chi connectivity index (χ0) is 19.2. The highest BCUT2D eigenvalue weighted by atomic mass is 16.5. The molecule has 2 amide bonds. The third-order valence-electron chi connectivity index (χ3n) is 3.77. The SMILES string of the molecule is CC(C)(C)NC(=O)OCCc1ccc(Cc2ccccc2)cc1C(N)=O. The van der Waals surface area contributed by atoms with Gasteiger partial charge >= 0.3 is 6.09 Å². The van der Waals surface area contributed by atoms with Crippen molar-refractivity contribution >= 4 is 12.0 Å². The van der Waals surface area contributed by atoms with Crippen molar-refractivity contribution in [3.8, 4) is 0 Å². The molecule has 138 valence electrons. The first kappa shape index (κ1) is 19.5. The molecular formula is C21H26N2O3. The van der Waals surface area contributed by atoms with Crippen LogP contribution in [0.2, 0.25) is 0 Å². The summed E-state index contributed by atoms with van der Waals surface area (Å²) in [5, 5.41) is 2.73. The molecule has 0 fully saturated rings. The zero-order valence-corrected chi connectivity index (χ0v) is 15.5. The first-order chi connectivity index (χ1) is 12.2. The summed E-state index contributed by atoms with van der Waals surface area (Å²) in [6.45, 7) is 5.82. The number of primary amides is 1. The highest BCUT2D eigenvalue weighted by Gasteiger charge is 2.15. The van der Waals surface area contributed by atoms with Crippen molar-refractivity contribution in [3.63, 3.8) is 0 Å². The van der Waals surface area contributed by atoms with Crippen molar-refractivity contribution in [2.75, 3.05) is 6.61 Å². The maximum atomic E-state index is 11.8. The van der Waals surface area contributed by atoms with E-state index in [2.05, 4.69) is 5.32 Å².